The topological polar surface area (TPSA) is 23.8 Å². The van der Waals surface area contributed by atoms with E-state index in [2.05, 4.69) is 19.9 Å². The zero-order valence-electron chi connectivity index (χ0n) is 16.5. The van der Waals surface area contributed by atoms with Gasteiger partial charge in [0.15, 0.2) is 0 Å². The van der Waals surface area contributed by atoms with Gasteiger partial charge in [-0.1, -0.05) is 84.5 Å². The first kappa shape index (κ1) is 19.8. The minimum absolute atomic E-state index is 0.0631. The van der Waals surface area contributed by atoms with Crippen molar-refractivity contribution in [3.05, 3.63) is 0 Å². The van der Waals surface area contributed by atoms with E-state index in [9.17, 15) is 5.26 Å². The molecular weight excluding hydrogens is 290 g/mol. The number of nitrogens with zero attached hydrogens (tertiary/aromatic N) is 1. The molecule has 0 radical (unpaired) electrons. The van der Waals surface area contributed by atoms with Crippen LogP contribution in [-0.2, 0) is 0 Å². The van der Waals surface area contributed by atoms with Gasteiger partial charge in [-0.3, -0.25) is 0 Å². The Morgan fingerprint density at radius 1 is 0.833 bits per heavy atom. The summed E-state index contributed by atoms with van der Waals surface area (Å²) in [4.78, 5) is 0. The van der Waals surface area contributed by atoms with Crippen molar-refractivity contribution >= 4 is 0 Å². The number of hydrogen-bond acceptors (Lipinski definition) is 1. The number of rotatable bonds is 10. The van der Waals surface area contributed by atoms with Crippen LogP contribution < -0.4 is 0 Å². The van der Waals surface area contributed by atoms with E-state index in [4.69, 9.17) is 0 Å². The molecule has 1 nitrogen and oxygen atoms in total. The Balaban J connectivity index is 1.78. The van der Waals surface area contributed by atoms with E-state index in [-0.39, 0.29) is 5.41 Å². The van der Waals surface area contributed by atoms with Crippen LogP contribution in [0.1, 0.15) is 117 Å². The summed E-state index contributed by atoms with van der Waals surface area (Å²) in [5, 5.41) is 9.99. The second-order valence-corrected chi connectivity index (χ2v) is 8.95. The number of unbranched alkanes of at least 4 members (excludes halogenated alkanes) is 6. The maximum Gasteiger partial charge on any atom is 0.0692 e. The van der Waals surface area contributed by atoms with Gasteiger partial charge in [-0.2, -0.15) is 5.26 Å². The first-order valence-corrected chi connectivity index (χ1v) is 11.1. The molecule has 2 unspecified atom stereocenters. The van der Waals surface area contributed by atoms with Gasteiger partial charge in [-0.15, -0.1) is 0 Å². The van der Waals surface area contributed by atoms with E-state index < -0.39 is 0 Å². The van der Waals surface area contributed by atoms with Gasteiger partial charge in [-0.05, 0) is 49.9 Å². The van der Waals surface area contributed by atoms with Crippen molar-refractivity contribution < 1.29 is 0 Å². The molecule has 0 aliphatic heterocycles. The fourth-order valence-corrected chi connectivity index (χ4v) is 5.55. The third kappa shape index (κ3) is 5.50. The minimum Gasteiger partial charge on any atom is -0.198 e. The van der Waals surface area contributed by atoms with Crippen LogP contribution >= 0.6 is 0 Å². The summed E-state index contributed by atoms with van der Waals surface area (Å²) in [7, 11) is 0. The number of fused-ring (bicyclic) bond motifs is 1. The predicted molar refractivity (Wildman–Crippen MR) is 104 cm³/mol. The van der Waals surface area contributed by atoms with Crippen LogP contribution in [0.3, 0.4) is 0 Å². The molecule has 2 fully saturated rings. The van der Waals surface area contributed by atoms with Gasteiger partial charge in [-0.25, -0.2) is 0 Å². The lowest BCUT2D eigenvalue weighted by atomic mass is 9.55. The molecule has 2 rings (SSSR count). The molecule has 0 aromatic carbocycles. The summed E-state index contributed by atoms with van der Waals surface area (Å²) in [5.74, 6) is 2.49. The first-order valence-electron chi connectivity index (χ1n) is 11.1. The highest BCUT2D eigenvalue weighted by molar-refractivity contribution is 5.08. The number of hydrogen-bond donors (Lipinski definition) is 0. The smallest absolute Gasteiger partial charge is 0.0692 e. The van der Waals surface area contributed by atoms with Crippen LogP contribution in [0.25, 0.3) is 0 Å². The Hall–Kier alpha value is -0.510. The van der Waals surface area contributed by atoms with Crippen LogP contribution in [0.2, 0.25) is 0 Å². The minimum atomic E-state index is 0.0631. The zero-order valence-corrected chi connectivity index (χ0v) is 16.5. The lowest BCUT2D eigenvalue weighted by Gasteiger charge is -2.48. The van der Waals surface area contributed by atoms with Crippen LogP contribution in [0.4, 0.5) is 0 Å². The van der Waals surface area contributed by atoms with Crippen LogP contribution in [0.5, 0.6) is 0 Å². The van der Waals surface area contributed by atoms with Gasteiger partial charge in [0.05, 0.1) is 11.5 Å². The maximum absolute atomic E-state index is 9.99. The fraction of sp³-hybridized carbons (Fsp3) is 0.957. The molecule has 2 aliphatic carbocycles. The summed E-state index contributed by atoms with van der Waals surface area (Å²) in [6.45, 7) is 4.58. The van der Waals surface area contributed by atoms with E-state index >= 15 is 0 Å². The molecule has 0 amide bonds. The SMILES string of the molecule is CCCCCCC1CCC2(C#N)C[C@H](CCCCCC)CC[C@@H]2C1. The molecule has 2 aliphatic rings. The third-order valence-corrected chi connectivity index (χ3v) is 7.13. The van der Waals surface area contributed by atoms with Crippen LogP contribution in [0.15, 0.2) is 0 Å². The summed E-state index contributed by atoms with van der Waals surface area (Å²) in [6.07, 6.45) is 21.8. The Bertz CT molecular complexity index is 382. The lowest BCUT2D eigenvalue weighted by Crippen LogP contribution is -2.40. The molecule has 0 aromatic rings. The molecule has 24 heavy (non-hydrogen) atoms. The quantitative estimate of drug-likeness (QED) is 0.377. The van der Waals surface area contributed by atoms with Crippen LogP contribution in [-0.4, -0.2) is 0 Å². The summed E-state index contributed by atoms with van der Waals surface area (Å²) in [5.41, 5.74) is 0.0631. The molecule has 0 aromatic heterocycles. The van der Waals surface area contributed by atoms with Crippen molar-refractivity contribution in [1.29, 1.82) is 5.26 Å². The van der Waals surface area contributed by atoms with E-state index in [1.165, 1.54) is 103 Å². The molecule has 138 valence electrons. The molecule has 4 atom stereocenters. The molecule has 1 heteroatoms. The summed E-state index contributed by atoms with van der Waals surface area (Å²) in [6, 6.07) is 2.85. The molecular formula is C23H41N. The highest BCUT2D eigenvalue weighted by Crippen LogP contribution is 2.54. The van der Waals surface area contributed by atoms with Crippen molar-refractivity contribution in [3.63, 3.8) is 0 Å². The second-order valence-electron chi connectivity index (χ2n) is 8.95. The fourth-order valence-electron chi connectivity index (χ4n) is 5.55. The van der Waals surface area contributed by atoms with E-state index in [0.717, 1.165) is 17.8 Å². The van der Waals surface area contributed by atoms with Gasteiger partial charge < -0.3 is 0 Å². The summed E-state index contributed by atoms with van der Waals surface area (Å²) < 4.78 is 0. The van der Waals surface area contributed by atoms with Gasteiger partial charge in [0, 0.05) is 0 Å². The normalized spacial score (nSPS) is 33.0. The van der Waals surface area contributed by atoms with Crippen molar-refractivity contribution in [2.75, 3.05) is 0 Å². The highest BCUT2D eigenvalue weighted by Gasteiger charge is 2.47. The predicted octanol–water partition coefficient (Wildman–Crippen LogP) is 7.65. The Morgan fingerprint density at radius 2 is 1.50 bits per heavy atom. The molecule has 0 bridgehead atoms. The van der Waals surface area contributed by atoms with Gasteiger partial charge in [0.1, 0.15) is 0 Å². The monoisotopic (exact) mass is 331 g/mol. The Morgan fingerprint density at radius 3 is 2.12 bits per heavy atom. The maximum atomic E-state index is 9.99. The Kier molecular flexibility index (Phi) is 8.65. The zero-order chi connectivity index (χ0) is 17.3. The van der Waals surface area contributed by atoms with E-state index in [0.29, 0.717) is 0 Å². The van der Waals surface area contributed by atoms with Crippen molar-refractivity contribution in [2.45, 2.75) is 117 Å². The second kappa shape index (κ2) is 10.5. The van der Waals surface area contributed by atoms with Gasteiger partial charge in [0.2, 0.25) is 0 Å². The molecule has 0 spiro atoms. The van der Waals surface area contributed by atoms with Crippen molar-refractivity contribution in [1.82, 2.24) is 0 Å². The van der Waals surface area contributed by atoms with Crippen LogP contribution in [0, 0.1) is 34.5 Å². The van der Waals surface area contributed by atoms with Gasteiger partial charge >= 0.3 is 0 Å². The molecule has 2 saturated carbocycles. The largest absolute Gasteiger partial charge is 0.198 e. The van der Waals surface area contributed by atoms with E-state index in [1.54, 1.807) is 0 Å². The average molecular weight is 332 g/mol. The average Bonchev–Trinajstić information content (AvgIpc) is 2.62. The highest BCUT2D eigenvalue weighted by atomic mass is 14.5. The van der Waals surface area contributed by atoms with E-state index in [1.807, 2.05) is 0 Å². The first-order chi connectivity index (χ1) is 11.7. The lowest BCUT2D eigenvalue weighted by molar-refractivity contribution is 0.0366. The standard InChI is InChI=1S/C23H41N/c1-3-5-7-9-11-20-15-16-23(19-24)18-21(12-10-8-6-4-2)13-14-22(23)17-20/h20-22H,3-18H2,1-2H3/t20?,21-,22-,23?/m1/s1. The van der Waals surface area contributed by atoms with Gasteiger partial charge in [0.25, 0.3) is 0 Å². The van der Waals surface area contributed by atoms with Crippen molar-refractivity contribution in [3.8, 4) is 6.07 Å². The Labute approximate surface area is 151 Å². The molecule has 0 heterocycles. The molecule has 0 saturated heterocycles. The third-order valence-electron chi connectivity index (χ3n) is 7.13. The molecule has 0 N–H and O–H groups in total. The number of nitriles is 1. The van der Waals surface area contributed by atoms with Crippen molar-refractivity contribution in [2.24, 2.45) is 23.2 Å². The summed E-state index contributed by atoms with van der Waals surface area (Å²) >= 11 is 0.